The van der Waals surface area contributed by atoms with Gasteiger partial charge in [0.15, 0.2) is 23.2 Å². The van der Waals surface area contributed by atoms with Gasteiger partial charge in [-0.3, -0.25) is 4.79 Å². The van der Waals surface area contributed by atoms with E-state index in [0.717, 1.165) is 18.2 Å². The average Bonchev–Trinajstić information content (AvgIpc) is 3.27. The molecule has 3 aromatic rings. The van der Waals surface area contributed by atoms with E-state index in [2.05, 4.69) is 15.7 Å². The predicted octanol–water partition coefficient (Wildman–Crippen LogP) is 6.49. The van der Waals surface area contributed by atoms with Crippen molar-refractivity contribution in [2.75, 3.05) is 24.9 Å². The van der Waals surface area contributed by atoms with Crippen LogP contribution in [0.4, 0.5) is 37.8 Å². The average molecular weight is 549 g/mol. The van der Waals surface area contributed by atoms with Crippen LogP contribution in [0.2, 0.25) is 5.02 Å². The molecule has 2 atom stereocenters. The molecule has 7 nitrogen and oxygen atoms in total. The van der Waals surface area contributed by atoms with Crippen LogP contribution in [0.15, 0.2) is 42.5 Å². The van der Waals surface area contributed by atoms with Crippen LogP contribution in [0, 0.1) is 0 Å². The molecule has 0 bridgehead atoms. The molecule has 0 aliphatic carbocycles. The molecule has 4 rings (SSSR count). The van der Waals surface area contributed by atoms with E-state index in [-0.39, 0.29) is 16.5 Å². The van der Waals surface area contributed by atoms with Crippen molar-refractivity contribution >= 4 is 29.0 Å². The van der Waals surface area contributed by atoms with Gasteiger partial charge in [-0.2, -0.15) is 31.4 Å². The van der Waals surface area contributed by atoms with Crippen LogP contribution in [0.25, 0.3) is 0 Å². The van der Waals surface area contributed by atoms with Crippen LogP contribution in [-0.2, 0) is 6.18 Å². The largest absolute Gasteiger partial charge is 0.493 e. The molecule has 198 valence electrons. The summed E-state index contributed by atoms with van der Waals surface area (Å²) in [7, 11) is 2.82. The van der Waals surface area contributed by atoms with Crippen molar-refractivity contribution in [3.63, 3.8) is 0 Å². The van der Waals surface area contributed by atoms with Crippen LogP contribution in [-0.4, -0.2) is 36.1 Å². The van der Waals surface area contributed by atoms with Crippen molar-refractivity contribution in [3.05, 3.63) is 64.3 Å². The number of hydrogen-bond acceptors (Lipinski definition) is 5. The lowest BCUT2D eigenvalue weighted by molar-refractivity contribution is -0.173. The fourth-order valence-corrected chi connectivity index (χ4v) is 4.12. The summed E-state index contributed by atoms with van der Waals surface area (Å²) in [5.74, 6) is -0.420. The summed E-state index contributed by atoms with van der Waals surface area (Å²) in [6, 6.07) is 5.17. The summed E-state index contributed by atoms with van der Waals surface area (Å²) in [6.45, 7) is 0. The van der Waals surface area contributed by atoms with Gasteiger partial charge in [-0.1, -0.05) is 17.7 Å². The minimum Gasteiger partial charge on any atom is -0.493 e. The fourth-order valence-electron chi connectivity index (χ4n) is 3.96. The van der Waals surface area contributed by atoms with E-state index < -0.39 is 48.0 Å². The number of carbonyl (C=O) groups excluding carboxylic acids is 1. The number of nitrogens with one attached hydrogen (secondary N) is 2. The summed E-state index contributed by atoms with van der Waals surface area (Å²) < 4.78 is 92.1. The number of ether oxygens (including phenoxy) is 2. The first-order valence-electron chi connectivity index (χ1n) is 10.6. The van der Waals surface area contributed by atoms with E-state index in [1.165, 1.54) is 14.2 Å². The summed E-state index contributed by atoms with van der Waals surface area (Å²) >= 11 is 5.91. The molecule has 0 spiro atoms. The number of aromatic nitrogens is 2. The molecule has 1 aliphatic rings. The Morgan fingerprint density at radius 1 is 1.05 bits per heavy atom. The summed E-state index contributed by atoms with van der Waals surface area (Å²) in [6.07, 6.45) is -9.86. The third kappa shape index (κ3) is 5.41. The Labute approximate surface area is 211 Å². The number of hydrogen-bond donors (Lipinski definition) is 2. The number of amides is 1. The molecule has 37 heavy (non-hydrogen) atoms. The van der Waals surface area contributed by atoms with Gasteiger partial charge in [0.25, 0.3) is 5.91 Å². The Bertz CT molecular complexity index is 1320. The molecule has 0 unspecified atom stereocenters. The maximum absolute atomic E-state index is 14.0. The van der Waals surface area contributed by atoms with Crippen LogP contribution in [0.3, 0.4) is 0 Å². The lowest BCUT2D eigenvalue weighted by Gasteiger charge is -2.33. The SMILES string of the molecule is COc1ccc([C@H]2C[C@@H](C(F)(F)F)n3nc(C(=O)Nc4cc(C(F)(F)F)ccc4Cl)cc3N2)cc1OC. The topological polar surface area (TPSA) is 77.4 Å². The zero-order chi connectivity index (χ0) is 27.1. The van der Waals surface area contributed by atoms with E-state index in [9.17, 15) is 31.1 Å². The van der Waals surface area contributed by atoms with Crippen molar-refractivity contribution < 1.29 is 40.6 Å². The highest BCUT2D eigenvalue weighted by atomic mass is 35.5. The monoisotopic (exact) mass is 548 g/mol. The summed E-state index contributed by atoms with van der Waals surface area (Å²) in [5, 5.41) is 8.73. The van der Waals surface area contributed by atoms with Gasteiger partial charge >= 0.3 is 12.4 Å². The van der Waals surface area contributed by atoms with Crippen molar-refractivity contribution in [3.8, 4) is 11.5 Å². The van der Waals surface area contributed by atoms with Crippen molar-refractivity contribution in [2.24, 2.45) is 0 Å². The second-order valence-corrected chi connectivity index (χ2v) is 8.52. The van der Waals surface area contributed by atoms with Gasteiger partial charge in [0, 0.05) is 12.5 Å². The molecule has 2 heterocycles. The summed E-state index contributed by atoms with van der Waals surface area (Å²) in [5.41, 5.74) is -1.40. The van der Waals surface area contributed by atoms with Gasteiger partial charge in [-0.05, 0) is 35.9 Å². The number of methoxy groups -OCH3 is 2. The molecule has 2 N–H and O–H groups in total. The van der Waals surface area contributed by atoms with E-state index in [0.29, 0.717) is 27.8 Å². The van der Waals surface area contributed by atoms with Gasteiger partial charge in [-0.15, -0.1) is 0 Å². The zero-order valence-electron chi connectivity index (χ0n) is 19.2. The van der Waals surface area contributed by atoms with Gasteiger partial charge in [-0.25, -0.2) is 4.68 Å². The van der Waals surface area contributed by atoms with Crippen LogP contribution >= 0.6 is 11.6 Å². The van der Waals surface area contributed by atoms with Crippen LogP contribution < -0.4 is 20.1 Å². The maximum Gasteiger partial charge on any atom is 0.416 e. The van der Waals surface area contributed by atoms with Gasteiger partial charge < -0.3 is 20.1 Å². The Morgan fingerprint density at radius 3 is 2.38 bits per heavy atom. The van der Waals surface area contributed by atoms with Gasteiger partial charge in [0.05, 0.1) is 36.5 Å². The molecular weight excluding hydrogens is 530 g/mol. The van der Waals surface area contributed by atoms with Crippen LogP contribution in [0.5, 0.6) is 11.5 Å². The number of anilines is 2. The van der Waals surface area contributed by atoms with E-state index >= 15 is 0 Å². The molecule has 2 aromatic carbocycles. The Balaban J connectivity index is 1.65. The minimum atomic E-state index is -4.71. The normalized spacial score (nSPS) is 17.5. The zero-order valence-corrected chi connectivity index (χ0v) is 19.9. The Morgan fingerprint density at radius 2 is 1.76 bits per heavy atom. The highest BCUT2D eigenvalue weighted by Gasteiger charge is 2.47. The second kappa shape index (κ2) is 9.69. The van der Waals surface area contributed by atoms with E-state index in [1.807, 2.05) is 0 Å². The molecule has 0 saturated heterocycles. The number of carbonyl (C=O) groups is 1. The first kappa shape index (κ1) is 26.5. The lowest BCUT2D eigenvalue weighted by Crippen LogP contribution is -2.35. The highest BCUT2D eigenvalue weighted by Crippen LogP contribution is 2.45. The minimum absolute atomic E-state index is 0.103. The lowest BCUT2D eigenvalue weighted by atomic mass is 9.96. The molecular formula is C23H19ClF6N4O3. The molecule has 0 fully saturated rings. The molecule has 0 radical (unpaired) electrons. The molecule has 0 saturated carbocycles. The van der Waals surface area contributed by atoms with E-state index in [4.69, 9.17) is 21.1 Å². The number of fused-ring (bicyclic) bond motifs is 1. The molecule has 1 aliphatic heterocycles. The van der Waals surface area contributed by atoms with E-state index in [1.54, 1.807) is 18.2 Å². The van der Waals surface area contributed by atoms with Crippen molar-refractivity contribution in [1.82, 2.24) is 9.78 Å². The van der Waals surface area contributed by atoms with Crippen molar-refractivity contribution in [2.45, 2.75) is 30.9 Å². The standard InChI is InChI=1S/C23H19ClF6N4O3/c1-36-17-6-3-11(7-18(17)37-2)14-9-19(23(28,29)30)34-20(31-14)10-16(33-34)21(35)32-15-8-12(22(25,26)27)4-5-13(15)24/h3-8,10,14,19,31H,9H2,1-2H3,(H,32,35)/t14-,19+/m1/s1. The fraction of sp³-hybridized carbons (Fsp3) is 0.304. The first-order chi connectivity index (χ1) is 17.3. The Kier molecular flexibility index (Phi) is 6.93. The smallest absolute Gasteiger partial charge is 0.416 e. The van der Waals surface area contributed by atoms with Crippen molar-refractivity contribution in [1.29, 1.82) is 0 Å². The number of rotatable bonds is 5. The number of nitrogens with zero attached hydrogens (tertiary/aromatic N) is 2. The third-order valence-corrected chi connectivity index (χ3v) is 6.10. The molecule has 1 aromatic heterocycles. The second-order valence-electron chi connectivity index (χ2n) is 8.11. The highest BCUT2D eigenvalue weighted by molar-refractivity contribution is 6.33. The predicted molar refractivity (Wildman–Crippen MR) is 122 cm³/mol. The maximum atomic E-state index is 14.0. The van der Waals surface area contributed by atoms with Gasteiger partial charge in [0.1, 0.15) is 5.82 Å². The Hall–Kier alpha value is -3.61. The van der Waals surface area contributed by atoms with Crippen LogP contribution in [0.1, 0.15) is 40.1 Å². The molecule has 1 amide bonds. The first-order valence-corrected chi connectivity index (χ1v) is 11.0. The number of alkyl halides is 6. The molecule has 14 heteroatoms. The quantitative estimate of drug-likeness (QED) is 0.357. The number of halogens is 7. The third-order valence-electron chi connectivity index (χ3n) is 5.77. The summed E-state index contributed by atoms with van der Waals surface area (Å²) in [4.78, 5) is 12.7. The number of benzene rings is 2. The van der Waals surface area contributed by atoms with Gasteiger partial charge in [0.2, 0.25) is 0 Å².